The Bertz CT molecular complexity index is 280. The van der Waals surface area contributed by atoms with Crippen LogP contribution in [0, 0.1) is 11.8 Å². The fourth-order valence-corrected chi connectivity index (χ4v) is 2.85. The van der Waals surface area contributed by atoms with Crippen LogP contribution >= 0.6 is 0 Å². The minimum atomic E-state index is -3.32. The SMILES string of the molecule is CC1CCCC(C)C1NCCS(N)(=O)=O. The van der Waals surface area contributed by atoms with Gasteiger partial charge in [0.25, 0.3) is 0 Å². The van der Waals surface area contributed by atoms with E-state index < -0.39 is 10.0 Å². The molecule has 1 rings (SSSR count). The van der Waals surface area contributed by atoms with Gasteiger partial charge >= 0.3 is 0 Å². The van der Waals surface area contributed by atoms with Gasteiger partial charge in [-0.2, -0.15) is 0 Å². The van der Waals surface area contributed by atoms with E-state index in [1.165, 1.54) is 19.3 Å². The van der Waals surface area contributed by atoms with Crippen molar-refractivity contribution >= 4 is 10.0 Å². The van der Waals surface area contributed by atoms with E-state index in [-0.39, 0.29) is 5.75 Å². The summed E-state index contributed by atoms with van der Waals surface area (Å²) in [6.45, 7) is 4.92. The normalized spacial score (nSPS) is 32.9. The molecule has 0 amide bonds. The third-order valence-corrected chi connectivity index (χ3v) is 4.08. The van der Waals surface area contributed by atoms with Crippen LogP contribution in [0.25, 0.3) is 0 Å². The molecule has 2 atom stereocenters. The Morgan fingerprint density at radius 3 is 2.27 bits per heavy atom. The van der Waals surface area contributed by atoms with Crippen molar-refractivity contribution < 1.29 is 8.42 Å². The van der Waals surface area contributed by atoms with Crippen molar-refractivity contribution in [2.75, 3.05) is 12.3 Å². The summed E-state index contributed by atoms with van der Waals surface area (Å²) < 4.78 is 21.5. The summed E-state index contributed by atoms with van der Waals surface area (Å²) >= 11 is 0. The predicted octanol–water partition coefficient (Wildman–Crippen LogP) is 0.689. The Balaban J connectivity index is 2.36. The van der Waals surface area contributed by atoms with Crippen molar-refractivity contribution in [2.24, 2.45) is 17.0 Å². The van der Waals surface area contributed by atoms with Crippen LogP contribution in [-0.2, 0) is 10.0 Å². The van der Waals surface area contributed by atoms with Crippen molar-refractivity contribution in [2.45, 2.75) is 39.2 Å². The van der Waals surface area contributed by atoms with Crippen molar-refractivity contribution in [1.82, 2.24) is 5.32 Å². The molecule has 1 aliphatic carbocycles. The van der Waals surface area contributed by atoms with Gasteiger partial charge in [-0.25, -0.2) is 13.6 Å². The van der Waals surface area contributed by atoms with Crippen LogP contribution in [0.5, 0.6) is 0 Å². The maximum atomic E-state index is 10.8. The smallest absolute Gasteiger partial charge is 0.210 e. The van der Waals surface area contributed by atoms with Crippen molar-refractivity contribution in [3.05, 3.63) is 0 Å². The van der Waals surface area contributed by atoms with Crippen LogP contribution in [0.15, 0.2) is 0 Å². The van der Waals surface area contributed by atoms with E-state index in [1.807, 2.05) is 0 Å². The van der Waals surface area contributed by atoms with Gasteiger partial charge in [0, 0.05) is 12.6 Å². The first kappa shape index (κ1) is 12.9. The van der Waals surface area contributed by atoms with Crippen molar-refractivity contribution in [3.8, 4) is 0 Å². The molecule has 0 saturated heterocycles. The van der Waals surface area contributed by atoms with E-state index in [4.69, 9.17) is 5.14 Å². The van der Waals surface area contributed by atoms with Crippen LogP contribution in [-0.4, -0.2) is 26.8 Å². The number of rotatable bonds is 4. The van der Waals surface area contributed by atoms with Crippen LogP contribution in [0.1, 0.15) is 33.1 Å². The number of nitrogens with one attached hydrogen (secondary N) is 1. The monoisotopic (exact) mass is 234 g/mol. The average molecular weight is 234 g/mol. The molecule has 0 spiro atoms. The molecule has 5 heteroatoms. The Kier molecular flexibility index (Phi) is 4.55. The lowest BCUT2D eigenvalue weighted by atomic mass is 9.79. The maximum Gasteiger partial charge on any atom is 0.210 e. The number of sulfonamides is 1. The van der Waals surface area contributed by atoms with Gasteiger partial charge in [-0.05, 0) is 24.7 Å². The summed E-state index contributed by atoms with van der Waals surface area (Å²) in [5, 5.41) is 8.27. The summed E-state index contributed by atoms with van der Waals surface area (Å²) in [4.78, 5) is 0. The number of hydrogen-bond acceptors (Lipinski definition) is 3. The summed E-state index contributed by atoms with van der Waals surface area (Å²) in [7, 11) is -3.32. The highest BCUT2D eigenvalue weighted by molar-refractivity contribution is 7.89. The van der Waals surface area contributed by atoms with Gasteiger partial charge in [0.2, 0.25) is 10.0 Å². The zero-order valence-corrected chi connectivity index (χ0v) is 10.4. The van der Waals surface area contributed by atoms with E-state index in [9.17, 15) is 8.42 Å². The van der Waals surface area contributed by atoms with Crippen molar-refractivity contribution in [1.29, 1.82) is 0 Å². The molecule has 0 aromatic rings. The molecule has 1 saturated carbocycles. The molecule has 1 fully saturated rings. The lowest BCUT2D eigenvalue weighted by Gasteiger charge is -2.35. The van der Waals surface area contributed by atoms with E-state index in [0.29, 0.717) is 24.4 Å². The lowest BCUT2D eigenvalue weighted by molar-refractivity contribution is 0.212. The fourth-order valence-electron chi connectivity index (χ4n) is 2.45. The Labute approximate surface area is 92.7 Å². The minimum Gasteiger partial charge on any atom is -0.312 e. The number of hydrogen-bond donors (Lipinski definition) is 2. The molecule has 0 aromatic heterocycles. The highest BCUT2D eigenvalue weighted by Crippen LogP contribution is 2.28. The van der Waals surface area contributed by atoms with Crippen LogP contribution in [0.2, 0.25) is 0 Å². The molecule has 2 unspecified atom stereocenters. The molecule has 0 radical (unpaired) electrons. The van der Waals surface area contributed by atoms with Gasteiger partial charge in [-0.3, -0.25) is 0 Å². The van der Waals surface area contributed by atoms with Crippen molar-refractivity contribution in [3.63, 3.8) is 0 Å². The molecule has 3 N–H and O–H groups in total. The second-order valence-electron chi connectivity index (χ2n) is 4.73. The van der Waals surface area contributed by atoms with Crippen LogP contribution in [0.3, 0.4) is 0 Å². The summed E-state index contributed by atoms with van der Waals surface area (Å²) in [6.07, 6.45) is 3.75. The first-order chi connectivity index (χ1) is 6.90. The first-order valence-corrected chi connectivity index (χ1v) is 7.35. The van der Waals surface area contributed by atoms with E-state index in [0.717, 1.165) is 0 Å². The Morgan fingerprint density at radius 1 is 1.27 bits per heavy atom. The van der Waals surface area contributed by atoms with Gasteiger partial charge < -0.3 is 5.32 Å². The summed E-state index contributed by atoms with van der Waals surface area (Å²) in [6, 6.07) is 0.445. The zero-order valence-electron chi connectivity index (χ0n) is 9.57. The topological polar surface area (TPSA) is 72.2 Å². The van der Waals surface area contributed by atoms with E-state index >= 15 is 0 Å². The van der Waals surface area contributed by atoms with Gasteiger partial charge in [-0.1, -0.05) is 20.3 Å². The average Bonchev–Trinajstić information content (AvgIpc) is 2.08. The quantitative estimate of drug-likeness (QED) is 0.751. The molecule has 4 nitrogen and oxygen atoms in total. The fraction of sp³-hybridized carbons (Fsp3) is 1.00. The molecule has 1 aliphatic rings. The molecule has 90 valence electrons. The van der Waals surface area contributed by atoms with Gasteiger partial charge in [0.15, 0.2) is 0 Å². The first-order valence-electron chi connectivity index (χ1n) is 5.64. The third kappa shape index (κ3) is 4.49. The van der Waals surface area contributed by atoms with Gasteiger partial charge in [0.1, 0.15) is 0 Å². The molecule has 0 aromatic carbocycles. The maximum absolute atomic E-state index is 10.8. The van der Waals surface area contributed by atoms with Crippen LogP contribution < -0.4 is 10.5 Å². The second kappa shape index (κ2) is 5.27. The molecular weight excluding hydrogens is 212 g/mol. The Hall–Kier alpha value is -0.130. The number of nitrogens with two attached hydrogens (primary N) is 1. The standard InChI is InChI=1S/C10H22N2O2S/c1-8-4-3-5-9(2)10(8)12-6-7-15(11,13)14/h8-10,12H,3-7H2,1-2H3,(H2,11,13,14). The van der Waals surface area contributed by atoms with Crippen LogP contribution in [0.4, 0.5) is 0 Å². The van der Waals surface area contributed by atoms with E-state index in [2.05, 4.69) is 19.2 Å². The second-order valence-corrected chi connectivity index (χ2v) is 6.47. The lowest BCUT2D eigenvalue weighted by Crippen LogP contribution is -2.44. The van der Waals surface area contributed by atoms with Gasteiger partial charge in [0.05, 0.1) is 5.75 Å². The molecule has 0 heterocycles. The minimum absolute atomic E-state index is 0.0307. The molecular formula is C10H22N2O2S. The highest BCUT2D eigenvalue weighted by Gasteiger charge is 2.26. The summed E-state index contributed by atoms with van der Waals surface area (Å²) in [5.74, 6) is 1.30. The number of primary sulfonamides is 1. The largest absolute Gasteiger partial charge is 0.312 e. The highest BCUT2D eigenvalue weighted by atomic mass is 32.2. The zero-order chi connectivity index (χ0) is 11.5. The Morgan fingerprint density at radius 2 is 1.80 bits per heavy atom. The molecule has 15 heavy (non-hydrogen) atoms. The molecule has 0 aliphatic heterocycles. The van der Waals surface area contributed by atoms with Gasteiger partial charge in [-0.15, -0.1) is 0 Å². The molecule has 0 bridgehead atoms. The summed E-state index contributed by atoms with van der Waals surface area (Å²) in [5.41, 5.74) is 0. The predicted molar refractivity (Wildman–Crippen MR) is 61.9 cm³/mol. The third-order valence-electron chi connectivity index (χ3n) is 3.31. The van der Waals surface area contributed by atoms with E-state index in [1.54, 1.807) is 0 Å².